The van der Waals surface area contributed by atoms with E-state index in [2.05, 4.69) is 16.0 Å². The SMILES string of the molecule is CCOC(=O)NC1CCCN(C(=O)c2cccc(Nc3c(N[C@H](CC)c4ccccc4)c(=O)c3=O)c2O)C1. The standard InChI is InChI=1S/C28H32N4O6/c1-3-20(17-10-6-5-7-11-17)30-22-23(26(35)25(22)34)31-21-14-8-13-19(24(21)33)27(36)32-15-9-12-18(16-32)29-28(37)38-4-2/h5-8,10-11,13-14,18,20,30-31,33H,3-4,9,12,15-16H2,1-2H3,(H,29,37)/t18?,20-/m1/s1. The van der Waals surface area contributed by atoms with Crippen molar-refractivity contribution >= 4 is 29.1 Å². The summed E-state index contributed by atoms with van der Waals surface area (Å²) in [5.74, 6) is -0.730. The average Bonchev–Trinajstić information content (AvgIpc) is 2.93. The molecule has 4 rings (SSSR count). The number of amides is 2. The number of rotatable bonds is 9. The number of hydrogen-bond donors (Lipinski definition) is 4. The molecular weight excluding hydrogens is 488 g/mol. The first kappa shape index (κ1) is 26.7. The van der Waals surface area contributed by atoms with Crippen LogP contribution < -0.4 is 26.8 Å². The normalized spacial score (nSPS) is 16.1. The first-order valence-corrected chi connectivity index (χ1v) is 12.8. The second-order valence-electron chi connectivity index (χ2n) is 9.21. The largest absolute Gasteiger partial charge is 0.505 e. The minimum absolute atomic E-state index is 0.0425. The van der Waals surface area contributed by atoms with Crippen LogP contribution in [0.5, 0.6) is 5.75 Å². The predicted octanol–water partition coefficient (Wildman–Crippen LogP) is 3.65. The Bertz CT molecular complexity index is 1370. The van der Waals surface area contributed by atoms with E-state index in [4.69, 9.17) is 4.74 Å². The third-order valence-corrected chi connectivity index (χ3v) is 6.67. The van der Waals surface area contributed by atoms with Crippen molar-refractivity contribution in [2.24, 2.45) is 0 Å². The highest BCUT2D eigenvalue weighted by atomic mass is 16.5. The summed E-state index contributed by atoms with van der Waals surface area (Å²) in [5, 5.41) is 19.7. The predicted molar refractivity (Wildman–Crippen MR) is 145 cm³/mol. The number of phenols is 1. The highest BCUT2D eigenvalue weighted by Gasteiger charge is 2.29. The lowest BCUT2D eigenvalue weighted by molar-refractivity contribution is 0.0683. The van der Waals surface area contributed by atoms with Crippen LogP contribution in [0.2, 0.25) is 0 Å². The summed E-state index contributed by atoms with van der Waals surface area (Å²) in [6.07, 6.45) is 1.54. The Morgan fingerprint density at radius 1 is 1.05 bits per heavy atom. The van der Waals surface area contributed by atoms with E-state index >= 15 is 0 Å². The van der Waals surface area contributed by atoms with Crippen molar-refractivity contribution in [1.82, 2.24) is 10.2 Å². The molecule has 1 aliphatic heterocycles. The maximum Gasteiger partial charge on any atom is 0.407 e. The molecule has 1 aliphatic rings. The molecule has 10 heteroatoms. The molecule has 0 aromatic heterocycles. The number of hydrogen-bond acceptors (Lipinski definition) is 8. The molecule has 0 bridgehead atoms. The summed E-state index contributed by atoms with van der Waals surface area (Å²) < 4.78 is 4.93. The molecule has 1 heterocycles. The van der Waals surface area contributed by atoms with Crippen LogP contribution in [0.25, 0.3) is 0 Å². The van der Waals surface area contributed by atoms with Gasteiger partial charge in [0, 0.05) is 19.1 Å². The Kier molecular flexibility index (Phi) is 8.30. The molecule has 2 amide bonds. The Labute approximate surface area is 220 Å². The number of nitrogens with zero attached hydrogens (tertiary/aromatic N) is 1. The number of carbonyl (C=O) groups excluding carboxylic acids is 2. The van der Waals surface area contributed by atoms with Crippen molar-refractivity contribution in [3.63, 3.8) is 0 Å². The van der Waals surface area contributed by atoms with Crippen molar-refractivity contribution in [2.75, 3.05) is 30.3 Å². The van der Waals surface area contributed by atoms with Crippen LogP contribution in [0, 0.1) is 0 Å². The number of nitrogens with one attached hydrogen (secondary N) is 3. The van der Waals surface area contributed by atoms with Gasteiger partial charge in [0.1, 0.15) is 11.4 Å². The van der Waals surface area contributed by atoms with Gasteiger partial charge in [-0.2, -0.15) is 0 Å². The third kappa shape index (κ3) is 5.64. The zero-order valence-corrected chi connectivity index (χ0v) is 21.5. The van der Waals surface area contributed by atoms with Crippen molar-refractivity contribution in [2.45, 2.75) is 45.2 Å². The number of phenolic OH excluding ortho intramolecular Hbond substituents is 1. The number of carbonyl (C=O) groups is 2. The third-order valence-electron chi connectivity index (χ3n) is 6.67. The Hall–Kier alpha value is -4.34. The van der Waals surface area contributed by atoms with Gasteiger partial charge in [0.15, 0.2) is 5.75 Å². The van der Waals surface area contributed by atoms with Crippen LogP contribution in [0.1, 0.15) is 55.1 Å². The van der Waals surface area contributed by atoms with Gasteiger partial charge in [-0.3, -0.25) is 14.4 Å². The lowest BCUT2D eigenvalue weighted by Crippen LogP contribution is -2.49. The molecule has 2 atom stereocenters. The lowest BCUT2D eigenvalue weighted by atomic mass is 10.0. The van der Waals surface area contributed by atoms with Gasteiger partial charge in [0.05, 0.1) is 23.9 Å². The van der Waals surface area contributed by atoms with Crippen molar-refractivity contribution < 1.29 is 19.4 Å². The fraction of sp³-hybridized carbons (Fsp3) is 0.357. The van der Waals surface area contributed by atoms with Gasteiger partial charge in [-0.25, -0.2) is 4.79 Å². The minimum Gasteiger partial charge on any atom is -0.505 e. The smallest absolute Gasteiger partial charge is 0.407 e. The molecule has 10 nitrogen and oxygen atoms in total. The summed E-state index contributed by atoms with van der Waals surface area (Å²) in [6, 6.07) is 13.8. The van der Waals surface area contributed by atoms with Gasteiger partial charge in [-0.15, -0.1) is 0 Å². The van der Waals surface area contributed by atoms with E-state index in [1.54, 1.807) is 17.9 Å². The fourth-order valence-electron chi connectivity index (χ4n) is 4.67. The number of benzene rings is 2. The monoisotopic (exact) mass is 520 g/mol. The van der Waals surface area contributed by atoms with Gasteiger partial charge in [-0.05, 0) is 43.9 Å². The van der Waals surface area contributed by atoms with Crippen molar-refractivity contribution in [1.29, 1.82) is 0 Å². The van der Waals surface area contributed by atoms with E-state index in [1.807, 2.05) is 37.3 Å². The number of para-hydroxylation sites is 1. The molecule has 200 valence electrons. The summed E-state index contributed by atoms with van der Waals surface area (Å²) in [7, 11) is 0. The Balaban J connectivity index is 1.51. The molecule has 0 radical (unpaired) electrons. The number of piperidine rings is 1. The summed E-state index contributed by atoms with van der Waals surface area (Å²) >= 11 is 0. The number of alkyl carbamates (subject to hydrolysis) is 1. The Morgan fingerprint density at radius 2 is 1.79 bits per heavy atom. The van der Waals surface area contributed by atoms with Crippen molar-refractivity contribution in [3.8, 4) is 5.75 Å². The number of ether oxygens (including phenoxy) is 1. The molecule has 3 aromatic rings. The van der Waals surface area contributed by atoms with Crippen LogP contribution in [0.15, 0.2) is 58.1 Å². The second-order valence-corrected chi connectivity index (χ2v) is 9.21. The Morgan fingerprint density at radius 3 is 2.50 bits per heavy atom. The molecule has 4 N–H and O–H groups in total. The minimum atomic E-state index is -0.699. The first-order chi connectivity index (χ1) is 18.3. The van der Waals surface area contributed by atoms with E-state index in [0.717, 1.165) is 5.56 Å². The lowest BCUT2D eigenvalue weighted by Gasteiger charge is -2.33. The summed E-state index contributed by atoms with van der Waals surface area (Å²) in [5.41, 5.74) is 0.0126. The number of aromatic hydroxyl groups is 1. The fourth-order valence-corrected chi connectivity index (χ4v) is 4.67. The van der Waals surface area contributed by atoms with E-state index in [0.29, 0.717) is 25.8 Å². The zero-order valence-electron chi connectivity index (χ0n) is 21.5. The quantitative estimate of drug-likeness (QED) is 0.248. The molecule has 1 fully saturated rings. The van der Waals surface area contributed by atoms with E-state index in [-0.39, 0.29) is 53.6 Å². The highest BCUT2D eigenvalue weighted by Crippen LogP contribution is 2.34. The van der Waals surface area contributed by atoms with Crippen molar-refractivity contribution in [3.05, 3.63) is 80.1 Å². The van der Waals surface area contributed by atoms with Gasteiger partial charge in [0.2, 0.25) is 0 Å². The summed E-state index contributed by atoms with van der Waals surface area (Å²) in [4.78, 5) is 51.4. The molecule has 3 aromatic carbocycles. The molecule has 1 saturated heterocycles. The second kappa shape index (κ2) is 11.8. The molecule has 0 aliphatic carbocycles. The van der Waals surface area contributed by atoms with Crippen LogP contribution in [0.3, 0.4) is 0 Å². The topological polar surface area (TPSA) is 137 Å². The maximum atomic E-state index is 13.3. The van der Waals surface area contributed by atoms with Crippen LogP contribution in [-0.2, 0) is 4.74 Å². The first-order valence-electron chi connectivity index (χ1n) is 12.8. The van der Waals surface area contributed by atoms with Crippen LogP contribution >= 0.6 is 0 Å². The van der Waals surface area contributed by atoms with E-state index in [9.17, 15) is 24.3 Å². The molecule has 1 unspecified atom stereocenters. The molecule has 0 saturated carbocycles. The molecule has 0 spiro atoms. The highest BCUT2D eigenvalue weighted by molar-refractivity contribution is 5.99. The van der Waals surface area contributed by atoms with Gasteiger partial charge in [-0.1, -0.05) is 43.3 Å². The summed E-state index contributed by atoms with van der Waals surface area (Å²) in [6.45, 7) is 4.69. The van der Waals surface area contributed by atoms with E-state index in [1.165, 1.54) is 12.1 Å². The van der Waals surface area contributed by atoms with Gasteiger partial charge < -0.3 is 30.7 Å². The number of likely N-dealkylation sites (tertiary alicyclic amines) is 1. The zero-order chi connectivity index (χ0) is 27.2. The average molecular weight is 521 g/mol. The molecular formula is C28H32N4O6. The van der Waals surface area contributed by atoms with E-state index < -0.39 is 22.9 Å². The molecule has 38 heavy (non-hydrogen) atoms. The van der Waals surface area contributed by atoms with Gasteiger partial charge in [0.25, 0.3) is 16.8 Å². The maximum absolute atomic E-state index is 13.3. The van der Waals surface area contributed by atoms with Gasteiger partial charge >= 0.3 is 6.09 Å². The van der Waals surface area contributed by atoms with Crippen LogP contribution in [-0.4, -0.2) is 47.7 Å². The van der Waals surface area contributed by atoms with Crippen LogP contribution in [0.4, 0.5) is 21.9 Å². The number of anilines is 3.